The molecule has 51 heavy (non-hydrogen) atoms. The van der Waals surface area contributed by atoms with Gasteiger partial charge in [-0.2, -0.15) is 0 Å². The molecule has 0 saturated carbocycles. The lowest BCUT2D eigenvalue weighted by molar-refractivity contribution is -0.130. The minimum absolute atomic E-state index is 0.0195. The van der Waals surface area contributed by atoms with E-state index < -0.39 is 33.9 Å². The van der Waals surface area contributed by atoms with Crippen molar-refractivity contribution in [2.45, 2.75) is 95.9 Å². The Balaban J connectivity index is 1.42. The third kappa shape index (κ3) is 9.46. The van der Waals surface area contributed by atoms with Crippen LogP contribution in [0.25, 0.3) is 10.8 Å². The van der Waals surface area contributed by atoms with Crippen LogP contribution in [0.15, 0.2) is 89.8 Å². The predicted octanol–water partition coefficient (Wildman–Crippen LogP) is 6.41. The third-order valence-electron chi connectivity index (χ3n) is 9.23. The van der Waals surface area contributed by atoms with Gasteiger partial charge in [-0.05, 0) is 92.9 Å². The number of sulfonamides is 1. The molecule has 0 aromatic heterocycles. The van der Waals surface area contributed by atoms with Crippen molar-refractivity contribution >= 4 is 32.6 Å². The first-order valence-corrected chi connectivity index (χ1v) is 19.0. The summed E-state index contributed by atoms with van der Waals surface area (Å²) in [6.45, 7) is 16.0. The fraction of sp³-hybridized carbons (Fsp3) is 0.400. The Labute approximate surface area is 302 Å². The van der Waals surface area contributed by atoms with Gasteiger partial charge in [0.1, 0.15) is 6.04 Å². The number of carbonyl (C=O) groups is 2. The van der Waals surface area contributed by atoms with Crippen LogP contribution in [-0.4, -0.2) is 56.1 Å². The predicted molar refractivity (Wildman–Crippen MR) is 200 cm³/mol. The smallest absolute Gasteiger partial charge is 0.243 e. The van der Waals surface area contributed by atoms with E-state index in [4.69, 9.17) is 9.47 Å². The van der Waals surface area contributed by atoms with Crippen molar-refractivity contribution < 1.29 is 27.5 Å². The Bertz CT molecular complexity index is 1970. The SMILES string of the molecule is CCN(Cc1cccc(C(C)C(NC(=O)CC(NS(=O)(=O)c2ccc3ccccc3c2)c2ccc3c(c2)OCO3)C(=O)NC(C)C)c1)C(C)(C)C. The minimum Gasteiger partial charge on any atom is -0.454 e. The average Bonchev–Trinajstić information content (AvgIpc) is 3.56. The highest BCUT2D eigenvalue weighted by molar-refractivity contribution is 7.89. The summed E-state index contributed by atoms with van der Waals surface area (Å²) in [7, 11) is -4.09. The summed E-state index contributed by atoms with van der Waals surface area (Å²) in [5.41, 5.74) is 2.51. The van der Waals surface area contributed by atoms with Gasteiger partial charge in [0, 0.05) is 30.5 Å². The molecule has 1 aliphatic heterocycles. The van der Waals surface area contributed by atoms with Gasteiger partial charge in [0.05, 0.1) is 10.9 Å². The summed E-state index contributed by atoms with van der Waals surface area (Å²) in [4.78, 5) is 30.1. The molecule has 0 aliphatic carbocycles. The number of amides is 2. The molecule has 5 rings (SSSR count). The molecular formula is C40H50N4O6S. The van der Waals surface area contributed by atoms with Crippen molar-refractivity contribution in [2.75, 3.05) is 13.3 Å². The largest absolute Gasteiger partial charge is 0.454 e. The molecular weight excluding hydrogens is 665 g/mol. The molecule has 272 valence electrons. The molecule has 0 bridgehead atoms. The summed E-state index contributed by atoms with van der Waals surface area (Å²) in [6.07, 6.45) is -0.276. The van der Waals surface area contributed by atoms with Crippen LogP contribution in [-0.2, 0) is 26.2 Å². The Morgan fingerprint density at radius 1 is 0.824 bits per heavy atom. The number of nitrogens with zero attached hydrogens (tertiary/aromatic N) is 1. The molecule has 0 fully saturated rings. The second-order valence-electron chi connectivity index (χ2n) is 14.4. The molecule has 11 heteroatoms. The second kappa shape index (κ2) is 15.8. The van der Waals surface area contributed by atoms with Crippen LogP contribution in [0.5, 0.6) is 11.5 Å². The van der Waals surface area contributed by atoms with E-state index in [1.807, 2.05) is 57.2 Å². The van der Waals surface area contributed by atoms with E-state index in [1.165, 1.54) is 0 Å². The number of ether oxygens (including phenoxy) is 2. The lowest BCUT2D eigenvalue weighted by Gasteiger charge is -2.35. The van der Waals surface area contributed by atoms with Crippen molar-refractivity contribution in [3.63, 3.8) is 0 Å². The first-order chi connectivity index (χ1) is 24.1. The van der Waals surface area contributed by atoms with E-state index in [9.17, 15) is 18.0 Å². The summed E-state index contributed by atoms with van der Waals surface area (Å²) >= 11 is 0. The maximum absolute atomic E-state index is 14.0. The fourth-order valence-corrected chi connectivity index (χ4v) is 7.63. The molecule has 1 heterocycles. The maximum atomic E-state index is 14.0. The topological polar surface area (TPSA) is 126 Å². The first kappa shape index (κ1) is 37.8. The Hall–Kier alpha value is -4.45. The molecule has 0 saturated heterocycles. The van der Waals surface area contributed by atoms with Crippen molar-refractivity contribution in [3.05, 3.63) is 102 Å². The van der Waals surface area contributed by atoms with E-state index in [0.29, 0.717) is 17.1 Å². The zero-order valence-electron chi connectivity index (χ0n) is 30.5. The highest BCUT2D eigenvalue weighted by atomic mass is 32.2. The number of carbonyl (C=O) groups excluding carboxylic acids is 2. The molecule has 3 unspecified atom stereocenters. The summed E-state index contributed by atoms with van der Waals surface area (Å²) in [5.74, 6) is -0.215. The Kier molecular flexibility index (Phi) is 11.7. The molecule has 3 N–H and O–H groups in total. The zero-order valence-corrected chi connectivity index (χ0v) is 31.3. The van der Waals surface area contributed by atoms with Crippen LogP contribution in [0.1, 0.15) is 83.5 Å². The van der Waals surface area contributed by atoms with Crippen LogP contribution in [0.2, 0.25) is 0 Å². The van der Waals surface area contributed by atoms with Gasteiger partial charge in [-0.25, -0.2) is 13.1 Å². The van der Waals surface area contributed by atoms with Gasteiger partial charge in [0.25, 0.3) is 0 Å². The van der Waals surface area contributed by atoms with Crippen LogP contribution >= 0.6 is 0 Å². The van der Waals surface area contributed by atoms with E-state index >= 15 is 0 Å². The highest BCUT2D eigenvalue weighted by Crippen LogP contribution is 2.35. The van der Waals surface area contributed by atoms with Gasteiger partial charge in [0.2, 0.25) is 28.6 Å². The normalized spacial score (nSPS) is 14.8. The van der Waals surface area contributed by atoms with E-state index in [1.54, 1.807) is 36.4 Å². The van der Waals surface area contributed by atoms with E-state index in [-0.39, 0.29) is 35.6 Å². The average molecular weight is 715 g/mol. The zero-order chi connectivity index (χ0) is 36.9. The van der Waals surface area contributed by atoms with Crippen LogP contribution in [0, 0.1) is 0 Å². The van der Waals surface area contributed by atoms with Gasteiger partial charge in [-0.3, -0.25) is 14.5 Å². The molecule has 0 radical (unpaired) electrons. The number of rotatable bonds is 14. The quantitative estimate of drug-likeness (QED) is 0.138. The third-order valence-corrected chi connectivity index (χ3v) is 10.7. The summed E-state index contributed by atoms with van der Waals surface area (Å²) in [5, 5.41) is 7.61. The van der Waals surface area contributed by atoms with Crippen LogP contribution in [0.3, 0.4) is 0 Å². The number of nitrogens with one attached hydrogen (secondary N) is 3. The minimum atomic E-state index is -4.09. The molecule has 0 spiro atoms. The molecule has 4 aromatic rings. The lowest BCUT2D eigenvalue weighted by Crippen LogP contribution is -2.51. The lowest BCUT2D eigenvalue weighted by atomic mass is 9.90. The van der Waals surface area contributed by atoms with Crippen molar-refractivity contribution in [1.82, 2.24) is 20.3 Å². The van der Waals surface area contributed by atoms with E-state index in [0.717, 1.165) is 35.0 Å². The molecule has 1 aliphatic rings. The highest BCUT2D eigenvalue weighted by Gasteiger charge is 2.32. The Morgan fingerprint density at radius 2 is 1.55 bits per heavy atom. The van der Waals surface area contributed by atoms with Crippen LogP contribution in [0.4, 0.5) is 0 Å². The maximum Gasteiger partial charge on any atom is 0.243 e. The van der Waals surface area contributed by atoms with Crippen molar-refractivity contribution in [1.29, 1.82) is 0 Å². The van der Waals surface area contributed by atoms with Gasteiger partial charge in [-0.1, -0.05) is 74.5 Å². The molecule has 2 amide bonds. The number of hydrogen-bond acceptors (Lipinski definition) is 7. The molecule has 4 aromatic carbocycles. The van der Waals surface area contributed by atoms with E-state index in [2.05, 4.69) is 60.1 Å². The van der Waals surface area contributed by atoms with Gasteiger partial charge >= 0.3 is 0 Å². The molecule has 10 nitrogen and oxygen atoms in total. The van der Waals surface area contributed by atoms with Crippen LogP contribution < -0.4 is 24.8 Å². The van der Waals surface area contributed by atoms with Crippen molar-refractivity contribution in [2.24, 2.45) is 0 Å². The fourth-order valence-electron chi connectivity index (χ4n) is 6.37. The molecule has 3 atom stereocenters. The van der Waals surface area contributed by atoms with Crippen molar-refractivity contribution in [3.8, 4) is 11.5 Å². The summed E-state index contributed by atoms with van der Waals surface area (Å²) < 4.78 is 41.5. The van der Waals surface area contributed by atoms with Gasteiger partial charge < -0.3 is 20.1 Å². The monoisotopic (exact) mass is 714 g/mol. The standard InChI is InChI=1S/C40H50N4O6S/c1-8-44(40(5,6)7)24-28-12-11-15-30(20-28)27(4)38(39(46)41-26(2)3)42-37(45)23-34(32-17-19-35-36(22-32)50-25-49-35)43-51(47,48)33-18-16-29-13-9-10-14-31(29)21-33/h9-22,26-27,34,38,43H,8,23-25H2,1-7H3,(H,41,46)(H,42,45). The summed E-state index contributed by atoms with van der Waals surface area (Å²) in [6, 6.07) is 23.5. The number of fused-ring (bicyclic) bond motifs is 2. The Morgan fingerprint density at radius 3 is 2.25 bits per heavy atom. The first-order valence-electron chi connectivity index (χ1n) is 17.5. The second-order valence-corrected chi connectivity index (χ2v) is 16.1. The van der Waals surface area contributed by atoms with Gasteiger partial charge in [-0.15, -0.1) is 0 Å². The number of benzene rings is 4. The van der Waals surface area contributed by atoms with Gasteiger partial charge in [0.15, 0.2) is 11.5 Å². The number of hydrogen-bond donors (Lipinski definition) is 3.